The number of hydrogen-bond acceptors (Lipinski definition) is 6. The quantitative estimate of drug-likeness (QED) is 0.419. The molecular formula is C21H19N3O2S2. The van der Waals surface area contributed by atoms with Crippen molar-refractivity contribution in [3.8, 4) is 21.1 Å². The van der Waals surface area contributed by atoms with Crippen molar-refractivity contribution in [3.63, 3.8) is 0 Å². The summed E-state index contributed by atoms with van der Waals surface area (Å²) in [6, 6.07) is 15.9. The van der Waals surface area contributed by atoms with Crippen LogP contribution >= 0.6 is 22.7 Å². The Morgan fingerprint density at radius 3 is 2.82 bits per heavy atom. The second-order valence-corrected chi connectivity index (χ2v) is 8.36. The zero-order chi connectivity index (χ0) is 19.3. The molecule has 0 N–H and O–H groups in total. The number of amides is 1. The lowest BCUT2D eigenvalue weighted by atomic mass is 10.1. The summed E-state index contributed by atoms with van der Waals surface area (Å²) in [6.45, 7) is 0.645. The van der Waals surface area contributed by atoms with Crippen LogP contribution in [-0.2, 0) is 6.42 Å². The summed E-state index contributed by atoms with van der Waals surface area (Å²) in [7, 11) is 1.82. The molecule has 0 atom stereocenters. The van der Waals surface area contributed by atoms with Crippen molar-refractivity contribution in [2.75, 3.05) is 13.6 Å². The van der Waals surface area contributed by atoms with Gasteiger partial charge in [-0.15, -0.1) is 22.7 Å². The summed E-state index contributed by atoms with van der Waals surface area (Å²) < 4.78 is 5.43. The molecule has 0 saturated carbocycles. The fraction of sp³-hybridized carbons (Fsp3) is 0.190. The van der Waals surface area contributed by atoms with E-state index in [1.807, 2.05) is 61.0 Å². The predicted octanol–water partition coefficient (Wildman–Crippen LogP) is 5.23. The van der Waals surface area contributed by atoms with Crippen LogP contribution < -0.4 is 0 Å². The van der Waals surface area contributed by atoms with E-state index in [9.17, 15) is 4.79 Å². The minimum Gasteiger partial charge on any atom is -0.361 e. The molecule has 3 aromatic heterocycles. The molecule has 4 aromatic rings. The molecule has 0 aliphatic rings. The molecule has 1 amide bonds. The molecule has 0 bridgehead atoms. The van der Waals surface area contributed by atoms with Gasteiger partial charge in [-0.2, -0.15) is 0 Å². The molecule has 5 nitrogen and oxygen atoms in total. The predicted molar refractivity (Wildman–Crippen MR) is 113 cm³/mol. The molecular weight excluding hydrogens is 390 g/mol. The maximum Gasteiger partial charge on any atom is 0.265 e. The molecule has 1 aromatic carbocycles. The summed E-state index contributed by atoms with van der Waals surface area (Å²) >= 11 is 3.07. The van der Waals surface area contributed by atoms with Crippen LogP contribution in [0.1, 0.15) is 21.9 Å². The van der Waals surface area contributed by atoms with Crippen LogP contribution in [0.4, 0.5) is 0 Å². The summed E-state index contributed by atoms with van der Waals surface area (Å²) in [5.74, 6) is 0.834. The van der Waals surface area contributed by atoms with E-state index in [0.29, 0.717) is 11.4 Å². The highest BCUT2D eigenvalue weighted by Gasteiger charge is 2.16. The van der Waals surface area contributed by atoms with Gasteiger partial charge < -0.3 is 9.42 Å². The summed E-state index contributed by atoms with van der Waals surface area (Å²) in [6.07, 6.45) is 3.21. The van der Waals surface area contributed by atoms with E-state index in [1.54, 1.807) is 22.4 Å². The number of rotatable bonds is 7. The maximum atomic E-state index is 12.6. The van der Waals surface area contributed by atoms with Crippen molar-refractivity contribution in [2.45, 2.75) is 12.8 Å². The van der Waals surface area contributed by atoms with E-state index in [1.165, 1.54) is 11.3 Å². The number of thiophene rings is 1. The minimum absolute atomic E-state index is 0.00264. The Labute approximate surface area is 171 Å². The van der Waals surface area contributed by atoms with E-state index < -0.39 is 0 Å². The number of hydrogen-bond donors (Lipinski definition) is 0. The molecule has 0 spiro atoms. The molecule has 28 heavy (non-hydrogen) atoms. The van der Waals surface area contributed by atoms with Gasteiger partial charge in [-0.05, 0) is 17.9 Å². The number of carbonyl (C=O) groups excluding carboxylic acids is 1. The lowest BCUT2D eigenvalue weighted by molar-refractivity contribution is 0.0797. The minimum atomic E-state index is 0.00264. The fourth-order valence-electron chi connectivity index (χ4n) is 2.84. The summed E-state index contributed by atoms with van der Waals surface area (Å²) in [5, 5.41) is 7.03. The van der Waals surface area contributed by atoms with Crippen LogP contribution in [0.15, 0.2) is 64.6 Å². The molecule has 3 heterocycles. The van der Waals surface area contributed by atoms with Crippen molar-refractivity contribution >= 4 is 28.6 Å². The topological polar surface area (TPSA) is 59.2 Å². The van der Waals surface area contributed by atoms with Gasteiger partial charge in [0.2, 0.25) is 0 Å². The number of aromatic nitrogens is 2. The van der Waals surface area contributed by atoms with Crippen LogP contribution in [0, 0.1) is 0 Å². The SMILES string of the molecule is CN(CCCc1cc(-c2ccccc2)no1)C(=O)c1cnc(-c2cccs2)s1. The van der Waals surface area contributed by atoms with Gasteiger partial charge in [0.05, 0.1) is 11.1 Å². The van der Waals surface area contributed by atoms with Crippen LogP contribution in [-0.4, -0.2) is 34.5 Å². The van der Waals surface area contributed by atoms with E-state index in [2.05, 4.69) is 10.1 Å². The number of aryl methyl sites for hydroxylation is 1. The first-order chi connectivity index (χ1) is 13.7. The number of carbonyl (C=O) groups is 1. The Kier molecular flexibility index (Phi) is 5.64. The summed E-state index contributed by atoms with van der Waals surface area (Å²) in [5.41, 5.74) is 1.88. The number of thiazole rings is 1. The number of benzene rings is 1. The highest BCUT2D eigenvalue weighted by molar-refractivity contribution is 7.21. The third-order valence-corrected chi connectivity index (χ3v) is 6.36. The van der Waals surface area contributed by atoms with Gasteiger partial charge in [0.15, 0.2) is 0 Å². The third kappa shape index (κ3) is 4.21. The van der Waals surface area contributed by atoms with Gasteiger partial charge in [-0.1, -0.05) is 41.6 Å². The van der Waals surface area contributed by atoms with Crippen molar-refractivity contribution < 1.29 is 9.32 Å². The monoisotopic (exact) mass is 409 g/mol. The third-order valence-electron chi connectivity index (χ3n) is 4.34. The van der Waals surface area contributed by atoms with E-state index >= 15 is 0 Å². The van der Waals surface area contributed by atoms with Crippen LogP contribution in [0.25, 0.3) is 21.1 Å². The molecule has 7 heteroatoms. The first-order valence-electron chi connectivity index (χ1n) is 8.97. The van der Waals surface area contributed by atoms with E-state index in [-0.39, 0.29) is 5.91 Å². The zero-order valence-corrected chi connectivity index (χ0v) is 17.0. The molecule has 0 saturated heterocycles. The van der Waals surface area contributed by atoms with Crippen molar-refractivity contribution in [1.29, 1.82) is 0 Å². The molecule has 0 radical (unpaired) electrons. The largest absolute Gasteiger partial charge is 0.361 e. The second-order valence-electron chi connectivity index (χ2n) is 6.38. The average molecular weight is 410 g/mol. The highest BCUT2D eigenvalue weighted by Crippen LogP contribution is 2.29. The Bertz CT molecular complexity index is 1040. The van der Waals surface area contributed by atoms with Gasteiger partial charge >= 0.3 is 0 Å². The van der Waals surface area contributed by atoms with E-state index in [4.69, 9.17) is 4.52 Å². The molecule has 4 rings (SSSR count). The first-order valence-corrected chi connectivity index (χ1v) is 10.7. The molecule has 0 aliphatic heterocycles. The Balaban J connectivity index is 1.30. The van der Waals surface area contributed by atoms with Gasteiger partial charge in [0.1, 0.15) is 21.3 Å². The van der Waals surface area contributed by atoms with Gasteiger partial charge in [0.25, 0.3) is 5.91 Å². The van der Waals surface area contributed by atoms with Crippen LogP contribution in [0.3, 0.4) is 0 Å². The van der Waals surface area contributed by atoms with Gasteiger partial charge in [-0.3, -0.25) is 4.79 Å². The Hall–Kier alpha value is -2.77. The molecule has 0 unspecified atom stereocenters. The Morgan fingerprint density at radius 1 is 1.18 bits per heavy atom. The van der Waals surface area contributed by atoms with Gasteiger partial charge in [0, 0.05) is 31.6 Å². The fourth-order valence-corrected chi connectivity index (χ4v) is 4.56. The zero-order valence-electron chi connectivity index (χ0n) is 15.4. The number of nitrogens with zero attached hydrogens (tertiary/aromatic N) is 3. The average Bonchev–Trinajstić information content (AvgIpc) is 3.49. The Morgan fingerprint density at radius 2 is 2.04 bits per heavy atom. The lowest BCUT2D eigenvalue weighted by Gasteiger charge is -2.15. The molecule has 142 valence electrons. The second kappa shape index (κ2) is 8.50. The van der Waals surface area contributed by atoms with Crippen molar-refractivity contribution in [1.82, 2.24) is 15.0 Å². The first kappa shape index (κ1) is 18.6. The smallest absolute Gasteiger partial charge is 0.265 e. The highest BCUT2D eigenvalue weighted by atomic mass is 32.1. The van der Waals surface area contributed by atoms with Crippen molar-refractivity contribution in [2.24, 2.45) is 0 Å². The molecule has 0 aliphatic carbocycles. The van der Waals surface area contributed by atoms with Crippen LogP contribution in [0.2, 0.25) is 0 Å². The molecule has 0 fully saturated rings. The lowest BCUT2D eigenvalue weighted by Crippen LogP contribution is -2.27. The standard InChI is InChI=1S/C21H19N3O2S2/c1-24(21(25)19-14-22-20(28-19)18-10-6-12-27-18)11-5-9-16-13-17(23-26-16)15-7-3-2-4-8-15/h2-4,6-8,10,12-14H,5,9,11H2,1H3. The van der Waals surface area contributed by atoms with Crippen molar-refractivity contribution in [3.05, 3.63) is 70.7 Å². The normalized spacial score (nSPS) is 10.9. The van der Waals surface area contributed by atoms with Gasteiger partial charge in [-0.25, -0.2) is 4.98 Å². The maximum absolute atomic E-state index is 12.6. The van der Waals surface area contributed by atoms with Crippen LogP contribution in [0.5, 0.6) is 0 Å². The van der Waals surface area contributed by atoms with E-state index in [0.717, 1.165) is 39.7 Å². The summed E-state index contributed by atoms with van der Waals surface area (Å²) in [4.78, 5) is 20.5.